The van der Waals surface area contributed by atoms with E-state index in [-0.39, 0.29) is 12.0 Å². The molecule has 23 heavy (non-hydrogen) atoms. The van der Waals surface area contributed by atoms with E-state index in [0.29, 0.717) is 12.3 Å². The van der Waals surface area contributed by atoms with Gasteiger partial charge < -0.3 is 9.15 Å². The molecule has 2 heterocycles. The lowest BCUT2D eigenvalue weighted by Gasteiger charge is -2.33. The van der Waals surface area contributed by atoms with Crippen LogP contribution in [-0.2, 0) is 0 Å². The van der Waals surface area contributed by atoms with E-state index in [0.717, 1.165) is 28.0 Å². The van der Waals surface area contributed by atoms with E-state index < -0.39 is 0 Å². The minimum absolute atomic E-state index is 0.0569. The molecule has 0 N–H and O–H groups in total. The van der Waals surface area contributed by atoms with E-state index >= 15 is 0 Å². The van der Waals surface area contributed by atoms with Crippen molar-refractivity contribution in [2.24, 2.45) is 0 Å². The highest BCUT2D eigenvalue weighted by Gasteiger charge is 2.31. The van der Waals surface area contributed by atoms with Crippen LogP contribution in [-0.4, -0.2) is 18.6 Å². The van der Waals surface area contributed by atoms with Gasteiger partial charge in [-0.3, -0.25) is 9.69 Å². The molecule has 0 fully saturated rings. The Morgan fingerprint density at radius 1 is 1.13 bits per heavy atom. The number of benzene rings is 2. The van der Waals surface area contributed by atoms with Gasteiger partial charge in [-0.05, 0) is 32.0 Å². The van der Waals surface area contributed by atoms with E-state index in [1.807, 2.05) is 62.4 Å². The number of carbonyl (C=O) groups is 1. The molecular formula is C19H17NO3. The van der Waals surface area contributed by atoms with Crippen molar-refractivity contribution in [3.63, 3.8) is 0 Å². The summed E-state index contributed by atoms with van der Waals surface area (Å²) in [6.45, 7) is 4.39. The normalized spacial score (nSPS) is 17.0. The van der Waals surface area contributed by atoms with Gasteiger partial charge in [0.2, 0.25) is 0 Å². The van der Waals surface area contributed by atoms with Gasteiger partial charge in [0.1, 0.15) is 17.4 Å². The fourth-order valence-corrected chi connectivity index (χ4v) is 3.08. The van der Waals surface area contributed by atoms with Gasteiger partial charge in [0.15, 0.2) is 5.76 Å². The second-order valence-electron chi connectivity index (χ2n) is 5.86. The van der Waals surface area contributed by atoms with Gasteiger partial charge >= 0.3 is 0 Å². The van der Waals surface area contributed by atoms with Gasteiger partial charge in [0.05, 0.1) is 12.2 Å². The summed E-state index contributed by atoms with van der Waals surface area (Å²) in [5, 5.41) is 0.977. The predicted molar refractivity (Wildman–Crippen MR) is 89.2 cm³/mol. The zero-order chi connectivity index (χ0) is 16.0. The number of para-hydroxylation sites is 3. The minimum atomic E-state index is -0.124. The number of rotatable bonds is 1. The number of hydrogen-bond donors (Lipinski definition) is 0. The van der Waals surface area contributed by atoms with Crippen LogP contribution in [0, 0.1) is 6.92 Å². The van der Waals surface area contributed by atoms with Gasteiger partial charge in [-0.1, -0.05) is 30.3 Å². The molecule has 0 saturated carbocycles. The third-order valence-electron chi connectivity index (χ3n) is 4.21. The number of ether oxygens (including phenoxy) is 1. The van der Waals surface area contributed by atoms with Crippen LogP contribution in [0.3, 0.4) is 0 Å². The first kappa shape index (κ1) is 13.9. The lowest BCUT2D eigenvalue weighted by Crippen LogP contribution is -2.42. The van der Waals surface area contributed by atoms with Crippen molar-refractivity contribution in [2.45, 2.75) is 20.0 Å². The number of fused-ring (bicyclic) bond motifs is 2. The number of carbonyl (C=O) groups excluding carboxylic acids is 1. The van der Waals surface area contributed by atoms with E-state index in [2.05, 4.69) is 0 Å². The molecule has 0 saturated heterocycles. The Morgan fingerprint density at radius 3 is 2.70 bits per heavy atom. The molecule has 0 radical (unpaired) electrons. The quantitative estimate of drug-likeness (QED) is 0.677. The second-order valence-corrected chi connectivity index (χ2v) is 5.86. The molecule has 4 rings (SSSR count). The zero-order valence-corrected chi connectivity index (χ0v) is 13.1. The molecule has 4 nitrogen and oxygen atoms in total. The van der Waals surface area contributed by atoms with E-state index in [4.69, 9.17) is 9.15 Å². The number of hydrogen-bond acceptors (Lipinski definition) is 3. The van der Waals surface area contributed by atoms with E-state index in [9.17, 15) is 4.79 Å². The first-order valence-corrected chi connectivity index (χ1v) is 7.71. The molecule has 2 aromatic carbocycles. The Labute approximate surface area is 134 Å². The van der Waals surface area contributed by atoms with Crippen molar-refractivity contribution < 1.29 is 13.9 Å². The average Bonchev–Trinajstić information content (AvgIpc) is 2.91. The number of anilines is 1. The number of furan rings is 1. The van der Waals surface area contributed by atoms with Crippen LogP contribution < -0.4 is 9.64 Å². The van der Waals surface area contributed by atoms with E-state index in [1.165, 1.54) is 0 Å². The summed E-state index contributed by atoms with van der Waals surface area (Å²) in [7, 11) is 0. The highest BCUT2D eigenvalue weighted by atomic mass is 16.5. The van der Waals surface area contributed by atoms with Crippen molar-refractivity contribution >= 4 is 22.6 Å². The van der Waals surface area contributed by atoms with Gasteiger partial charge in [0, 0.05) is 10.9 Å². The monoisotopic (exact) mass is 307 g/mol. The summed E-state index contributed by atoms with van der Waals surface area (Å²) in [5.41, 5.74) is 2.40. The van der Waals surface area contributed by atoms with Crippen molar-refractivity contribution in [3.05, 3.63) is 59.9 Å². The second kappa shape index (κ2) is 5.16. The van der Waals surface area contributed by atoms with Crippen molar-refractivity contribution in [3.8, 4) is 5.75 Å². The Morgan fingerprint density at radius 2 is 1.87 bits per heavy atom. The van der Waals surface area contributed by atoms with Crippen LogP contribution >= 0.6 is 0 Å². The fraction of sp³-hybridized carbons (Fsp3) is 0.211. The summed E-state index contributed by atoms with van der Waals surface area (Å²) in [6.07, 6.45) is -0.0569. The zero-order valence-electron chi connectivity index (χ0n) is 13.1. The molecular weight excluding hydrogens is 290 g/mol. The van der Waals surface area contributed by atoms with Crippen LogP contribution in [0.15, 0.2) is 52.9 Å². The summed E-state index contributed by atoms with van der Waals surface area (Å²) < 4.78 is 11.6. The molecule has 3 aromatic rings. The van der Waals surface area contributed by atoms with Crippen molar-refractivity contribution in [1.29, 1.82) is 0 Å². The number of nitrogens with zero attached hydrogens (tertiary/aromatic N) is 1. The molecule has 1 aromatic heterocycles. The third-order valence-corrected chi connectivity index (χ3v) is 4.21. The van der Waals surface area contributed by atoms with E-state index in [1.54, 1.807) is 4.90 Å². The molecule has 1 aliphatic rings. The van der Waals surface area contributed by atoms with Crippen molar-refractivity contribution in [1.82, 2.24) is 0 Å². The Kier molecular flexibility index (Phi) is 3.11. The maximum absolute atomic E-state index is 13.1. The van der Waals surface area contributed by atoms with Gasteiger partial charge in [0.25, 0.3) is 5.91 Å². The largest absolute Gasteiger partial charge is 0.487 e. The van der Waals surface area contributed by atoms with Crippen LogP contribution in [0.1, 0.15) is 23.0 Å². The first-order chi connectivity index (χ1) is 11.1. The average molecular weight is 307 g/mol. The highest BCUT2D eigenvalue weighted by Crippen LogP contribution is 2.35. The minimum Gasteiger partial charge on any atom is -0.487 e. The number of aryl methyl sites for hydroxylation is 1. The maximum Gasteiger partial charge on any atom is 0.294 e. The molecule has 0 spiro atoms. The molecule has 1 amide bonds. The Hall–Kier alpha value is -2.75. The summed E-state index contributed by atoms with van der Waals surface area (Å²) in [4.78, 5) is 14.8. The van der Waals surface area contributed by atoms with Gasteiger partial charge in [-0.2, -0.15) is 0 Å². The summed E-state index contributed by atoms with van der Waals surface area (Å²) >= 11 is 0. The molecule has 0 aliphatic carbocycles. The Balaban J connectivity index is 1.81. The smallest absolute Gasteiger partial charge is 0.294 e. The number of amides is 1. The van der Waals surface area contributed by atoms with Gasteiger partial charge in [-0.15, -0.1) is 0 Å². The topological polar surface area (TPSA) is 42.7 Å². The van der Waals surface area contributed by atoms with Gasteiger partial charge in [-0.25, -0.2) is 0 Å². The lowest BCUT2D eigenvalue weighted by molar-refractivity contribution is 0.0935. The van der Waals surface area contributed by atoms with Crippen LogP contribution in [0.25, 0.3) is 11.0 Å². The first-order valence-electron chi connectivity index (χ1n) is 7.71. The van der Waals surface area contributed by atoms with Crippen LogP contribution in [0.2, 0.25) is 0 Å². The van der Waals surface area contributed by atoms with Crippen molar-refractivity contribution in [2.75, 3.05) is 11.4 Å². The predicted octanol–water partition coefficient (Wildman–Crippen LogP) is 4.17. The Bertz CT molecular complexity index is 897. The lowest BCUT2D eigenvalue weighted by atomic mass is 10.1. The fourth-order valence-electron chi connectivity index (χ4n) is 3.08. The van der Waals surface area contributed by atoms with Crippen LogP contribution in [0.5, 0.6) is 5.75 Å². The molecule has 116 valence electrons. The van der Waals surface area contributed by atoms with Crippen LogP contribution in [0.4, 0.5) is 5.69 Å². The molecule has 1 aliphatic heterocycles. The third kappa shape index (κ3) is 2.18. The standard InChI is InChI=1S/C19H17NO3/c1-12-11-20(15-8-4-6-10-17(15)22-12)19(21)18-13(2)14-7-3-5-9-16(14)23-18/h3-10,12H,11H2,1-2H3. The molecule has 1 unspecified atom stereocenters. The maximum atomic E-state index is 13.1. The summed E-state index contributed by atoms with van der Waals surface area (Å²) in [5.74, 6) is 1.00. The molecule has 1 atom stereocenters. The summed E-state index contributed by atoms with van der Waals surface area (Å²) in [6, 6.07) is 15.3. The SMILES string of the molecule is Cc1c(C(=O)N2CC(C)Oc3ccccc32)oc2ccccc12. The molecule has 4 heteroatoms. The highest BCUT2D eigenvalue weighted by molar-refractivity contribution is 6.08. The molecule has 0 bridgehead atoms.